The summed E-state index contributed by atoms with van der Waals surface area (Å²) in [6, 6.07) is 19.0. The maximum Gasteiger partial charge on any atom is 2.00 e. The number of ketones is 3. The molecule has 0 aromatic heterocycles. The molecule has 2 aromatic carbocycles. The fourth-order valence-electron chi connectivity index (χ4n) is 14.6. The van der Waals surface area contributed by atoms with Gasteiger partial charge in [0.15, 0.2) is 11.6 Å². The van der Waals surface area contributed by atoms with Crippen molar-refractivity contribution in [3.63, 3.8) is 0 Å². The molecule has 2 aromatic rings. The number of ether oxygens (including phenoxy) is 5. The number of hydrogen-bond acceptors (Lipinski definition) is 10. The van der Waals surface area contributed by atoms with Crippen molar-refractivity contribution in [2.75, 3.05) is 67.7 Å². The molecular weight excluding hydrogens is 957 g/mol. The van der Waals surface area contributed by atoms with E-state index in [2.05, 4.69) is 60.1 Å². The zero-order chi connectivity index (χ0) is 47.5. The molecule has 0 amide bonds. The van der Waals surface area contributed by atoms with Crippen LogP contribution in [0.25, 0.3) is 0 Å². The van der Waals surface area contributed by atoms with Crippen molar-refractivity contribution in [1.82, 2.24) is 9.80 Å². The molecule has 2 aliphatic heterocycles. The first-order valence-electron chi connectivity index (χ1n) is 25.9. The monoisotopic (exact) mass is 1030 g/mol. The Labute approximate surface area is 444 Å². The van der Waals surface area contributed by atoms with Crippen molar-refractivity contribution >= 4 is 40.4 Å². The van der Waals surface area contributed by atoms with Crippen LogP contribution in [0.5, 0.6) is 11.5 Å². The van der Waals surface area contributed by atoms with Crippen LogP contribution in [-0.4, -0.2) is 135 Å². The molecule has 12 rings (SSSR count). The van der Waals surface area contributed by atoms with Crippen LogP contribution in [0.1, 0.15) is 115 Å². The van der Waals surface area contributed by atoms with Crippen LogP contribution in [0, 0.1) is 47.0 Å². The molecule has 8 aliphatic carbocycles. The van der Waals surface area contributed by atoms with Crippen LogP contribution >= 0.6 is 0 Å². The third-order valence-corrected chi connectivity index (χ3v) is 18.2. The average Bonchev–Trinajstić information content (AvgIpc) is 3.45. The number of Topliss-reactive ketones (excluding diaryl/α,β-unsaturated/α-hetero) is 2. The number of benzene rings is 2. The predicted molar refractivity (Wildman–Crippen MR) is 267 cm³/mol. The fourth-order valence-corrected chi connectivity index (χ4v) is 14.6. The van der Waals surface area contributed by atoms with Gasteiger partial charge in [0.1, 0.15) is 42.2 Å². The average molecular weight is 1030 g/mol. The first-order valence-corrected chi connectivity index (χ1v) is 25.9. The van der Waals surface area contributed by atoms with Gasteiger partial charge in [-0.3, -0.25) is 9.59 Å². The molecule has 372 valence electrons. The minimum absolute atomic E-state index is 0. The summed E-state index contributed by atoms with van der Waals surface area (Å²) in [4.78, 5) is 41.8. The number of likely N-dealkylation sites (N-methyl/N-ethyl adjacent to an activating group) is 2. The van der Waals surface area contributed by atoms with Crippen molar-refractivity contribution in [2.24, 2.45) is 34.5 Å². The second kappa shape index (κ2) is 21.2. The van der Waals surface area contributed by atoms with Gasteiger partial charge >= 0.3 is 28.8 Å². The Kier molecular flexibility index (Phi) is 16.2. The Hall–Kier alpha value is -2.81. The van der Waals surface area contributed by atoms with E-state index in [0.717, 1.165) is 115 Å². The van der Waals surface area contributed by atoms with Crippen LogP contribution < -0.4 is 26.5 Å². The molecular formula is C58H74BrMgN2O8+. The molecule has 0 bridgehead atoms. The van der Waals surface area contributed by atoms with Crippen molar-refractivity contribution < 1.29 is 55.0 Å². The molecule has 10 nitrogen and oxygen atoms in total. The van der Waals surface area contributed by atoms with E-state index in [0.29, 0.717) is 61.5 Å². The third kappa shape index (κ3) is 9.84. The number of hydrogen-bond donors (Lipinski definition) is 0. The summed E-state index contributed by atoms with van der Waals surface area (Å²) in [7, 11) is 8.15. The molecule has 1 spiro atoms. The molecule has 0 N–H and O–H groups in total. The standard InChI is InChI=1S/C28H35NO3.C20H25O4.C10H14NO.BrH.Mg/c1-28-17-24(18-4-8-21(9-5-18)32-15-14-29(2)3)27-22-11-7-20(30)16-19(22)6-10-23(27)25(28)12-13-26(28)31;1-17-6-5-15-13(14(17)2-3-16(17)21)4-7-18-12-19(22-10-11-23-19)8-9-20(15,18)24-18;1-11(2)8-9-12-10-6-4-3-5-7-10;;/h4-5,8-9,16,23-25H,6-7,10-15,17H2,1-3H3;3,5,13-14H,2,4,6-12H2,1H3;4-7H,8-9H2,1-2H3;1H;/q;+1;-1;;+2/p-1/t23?,24-,25?,28+;13?,14?,17-,18+,20+;;;/m10.../s1. The van der Waals surface area contributed by atoms with Gasteiger partial charge in [-0.25, -0.2) is 4.79 Å². The van der Waals surface area contributed by atoms with Crippen molar-refractivity contribution in [3.8, 4) is 11.5 Å². The Balaban J connectivity index is 0.000000153. The van der Waals surface area contributed by atoms with Gasteiger partial charge in [0, 0.05) is 61.8 Å². The molecule has 2 saturated heterocycles. The molecule has 2 heterocycles. The Bertz CT molecular complexity index is 2340. The number of rotatable bonds is 9. The van der Waals surface area contributed by atoms with E-state index in [1.807, 2.05) is 65.0 Å². The number of fused-ring (bicyclic) bond motifs is 7. The van der Waals surface area contributed by atoms with Crippen molar-refractivity contribution in [1.29, 1.82) is 0 Å². The number of halogens is 1. The summed E-state index contributed by atoms with van der Waals surface area (Å²) < 4.78 is 29.9. The fraction of sp³-hybridized carbons (Fsp3) is 0.621. The molecule has 9 atom stereocenters. The van der Waals surface area contributed by atoms with Gasteiger partial charge in [0.05, 0.1) is 25.2 Å². The van der Waals surface area contributed by atoms with Gasteiger partial charge in [-0.1, -0.05) is 30.7 Å². The first-order chi connectivity index (χ1) is 32.7. The van der Waals surface area contributed by atoms with Crippen molar-refractivity contribution in [3.05, 3.63) is 101 Å². The first kappa shape index (κ1) is 53.5. The second-order valence-corrected chi connectivity index (χ2v) is 22.6. The molecule has 12 heteroatoms. The van der Waals surface area contributed by atoms with E-state index in [4.69, 9.17) is 23.7 Å². The van der Waals surface area contributed by atoms with Gasteiger partial charge in [-0.05, 0) is 151 Å². The van der Waals surface area contributed by atoms with Gasteiger partial charge < -0.3 is 50.5 Å². The summed E-state index contributed by atoms with van der Waals surface area (Å²) in [6.07, 6.45) is 19.4. The van der Waals surface area contributed by atoms with E-state index in [1.165, 1.54) is 22.3 Å². The van der Waals surface area contributed by atoms with Crippen LogP contribution in [0.15, 0.2) is 83.0 Å². The quantitative estimate of drug-likeness (QED) is 0.127. The zero-order valence-corrected chi connectivity index (χ0v) is 45.6. The number of allylic oxidation sites excluding steroid dienone is 5. The topological polar surface area (TPSA) is 107 Å². The molecule has 7 fully saturated rings. The normalized spacial score (nSPS) is 34.7. The molecule has 0 radical (unpaired) electrons. The minimum atomic E-state index is -0.381. The largest absolute Gasteiger partial charge is 2.00 e. The van der Waals surface area contributed by atoms with Gasteiger partial charge in [-0.15, -0.1) is 12.1 Å². The second-order valence-electron chi connectivity index (χ2n) is 22.6. The van der Waals surface area contributed by atoms with Gasteiger partial charge in [0.2, 0.25) is 0 Å². The van der Waals surface area contributed by atoms with Gasteiger partial charge in [0.25, 0.3) is 0 Å². The maximum atomic E-state index is 13.0. The predicted octanol–water partition coefficient (Wildman–Crippen LogP) is 6.11. The number of carbonyl (C=O) groups is 3. The van der Waals surface area contributed by atoms with Crippen molar-refractivity contribution in [2.45, 2.75) is 127 Å². The maximum absolute atomic E-state index is 13.0. The SMILES string of the molecule is CN(C)CCOc1cc[c-]cc1.CN(C)CCOc1ccc([C@H]2C[C@]3(C)C(=O)CCC3C3CCC4=CC(=O)CCC4=C32)cc1.C[C@]12CC=C3C(CC[C@@]45CC6(CC[C@@]34O5)OCCO6)C1C[CH+]C2=O.[Br-].[Mg+2]. The molecule has 10 aliphatic rings. The summed E-state index contributed by atoms with van der Waals surface area (Å²) in [5.74, 6) is 4.73. The van der Waals surface area contributed by atoms with E-state index < -0.39 is 0 Å². The van der Waals surface area contributed by atoms with E-state index in [9.17, 15) is 14.4 Å². The Morgan fingerprint density at radius 1 is 0.771 bits per heavy atom. The summed E-state index contributed by atoms with van der Waals surface area (Å²) in [5, 5.41) is 0. The van der Waals surface area contributed by atoms with Crippen LogP contribution in [0.3, 0.4) is 0 Å². The summed E-state index contributed by atoms with van der Waals surface area (Å²) in [5.41, 5.74) is 6.57. The molecule has 70 heavy (non-hydrogen) atoms. The van der Waals surface area contributed by atoms with E-state index in [1.54, 1.807) is 5.57 Å². The number of nitrogens with zero attached hydrogens (tertiary/aromatic N) is 2. The number of epoxide rings is 1. The summed E-state index contributed by atoms with van der Waals surface area (Å²) >= 11 is 0. The van der Waals surface area contributed by atoms with Crippen LogP contribution in [-0.2, 0) is 28.6 Å². The zero-order valence-electron chi connectivity index (χ0n) is 42.6. The van der Waals surface area contributed by atoms with Crippen LogP contribution in [0.2, 0.25) is 0 Å². The summed E-state index contributed by atoms with van der Waals surface area (Å²) in [6.45, 7) is 9.08. The van der Waals surface area contributed by atoms with Crippen LogP contribution in [0.4, 0.5) is 0 Å². The number of carbonyl (C=O) groups excluding carboxylic acids is 3. The Morgan fingerprint density at radius 2 is 1.46 bits per heavy atom. The molecule has 4 unspecified atom stereocenters. The van der Waals surface area contributed by atoms with E-state index in [-0.39, 0.29) is 79.6 Å². The minimum Gasteiger partial charge on any atom is -1.00 e. The van der Waals surface area contributed by atoms with Gasteiger partial charge in [-0.2, -0.15) is 18.2 Å². The third-order valence-electron chi connectivity index (χ3n) is 18.2. The Morgan fingerprint density at radius 3 is 2.14 bits per heavy atom. The molecule has 5 saturated carbocycles. The smallest absolute Gasteiger partial charge is 1.00 e. The van der Waals surface area contributed by atoms with E-state index >= 15 is 0 Å².